The minimum absolute atomic E-state index is 0.0108. The van der Waals surface area contributed by atoms with Gasteiger partial charge < -0.3 is 10.6 Å². The standard InChI is InChI=1S/C17H27F3N6/c1-12(2)10-26-7-5-14(6-8-26)23-16(21-3)22-9-13-11-25(4)24-15(13)17(18,19)20/h11,14H,1,5-10H2,2-4H3,(H2,21,22,23). The van der Waals surface area contributed by atoms with Gasteiger partial charge in [0.25, 0.3) is 0 Å². The highest BCUT2D eigenvalue weighted by molar-refractivity contribution is 5.80. The van der Waals surface area contributed by atoms with Crippen LogP contribution in [0, 0.1) is 0 Å². The number of aromatic nitrogens is 2. The van der Waals surface area contributed by atoms with E-state index in [4.69, 9.17) is 0 Å². The molecule has 6 nitrogen and oxygen atoms in total. The minimum atomic E-state index is -4.47. The number of hydrogen-bond donors (Lipinski definition) is 2. The van der Waals surface area contributed by atoms with E-state index in [0.29, 0.717) is 5.96 Å². The maximum absolute atomic E-state index is 13.0. The third kappa shape index (κ3) is 5.76. The van der Waals surface area contributed by atoms with Gasteiger partial charge in [-0.3, -0.25) is 14.6 Å². The fourth-order valence-electron chi connectivity index (χ4n) is 3.09. The van der Waals surface area contributed by atoms with Gasteiger partial charge >= 0.3 is 6.18 Å². The highest BCUT2D eigenvalue weighted by Crippen LogP contribution is 2.30. The monoisotopic (exact) mass is 372 g/mol. The number of piperidine rings is 1. The molecule has 9 heteroatoms. The van der Waals surface area contributed by atoms with Gasteiger partial charge in [0.2, 0.25) is 0 Å². The first-order valence-electron chi connectivity index (χ1n) is 8.62. The van der Waals surface area contributed by atoms with Gasteiger partial charge in [0, 0.05) is 58.1 Å². The molecule has 0 atom stereocenters. The number of hydrogen-bond acceptors (Lipinski definition) is 3. The van der Waals surface area contributed by atoms with Crippen LogP contribution in [0.25, 0.3) is 0 Å². The van der Waals surface area contributed by atoms with E-state index in [-0.39, 0.29) is 18.2 Å². The van der Waals surface area contributed by atoms with Crippen LogP contribution in [-0.4, -0.2) is 53.4 Å². The molecule has 0 aliphatic carbocycles. The fraction of sp³-hybridized carbons (Fsp3) is 0.647. The molecule has 0 saturated carbocycles. The zero-order chi connectivity index (χ0) is 19.3. The molecule has 2 rings (SSSR count). The quantitative estimate of drug-likeness (QED) is 0.472. The lowest BCUT2D eigenvalue weighted by molar-refractivity contribution is -0.142. The van der Waals surface area contributed by atoms with Crippen molar-refractivity contribution in [1.82, 2.24) is 25.3 Å². The summed E-state index contributed by atoms with van der Waals surface area (Å²) in [5, 5.41) is 9.77. The van der Waals surface area contributed by atoms with Crippen molar-refractivity contribution in [3.63, 3.8) is 0 Å². The van der Waals surface area contributed by atoms with Crippen LogP contribution in [0.1, 0.15) is 31.0 Å². The fourth-order valence-corrected chi connectivity index (χ4v) is 3.09. The van der Waals surface area contributed by atoms with Crippen LogP contribution >= 0.6 is 0 Å². The number of aliphatic imine (C=N–C) groups is 1. The Morgan fingerprint density at radius 1 is 1.38 bits per heavy atom. The van der Waals surface area contributed by atoms with Crippen molar-refractivity contribution in [3.8, 4) is 0 Å². The summed E-state index contributed by atoms with van der Waals surface area (Å²) in [5.41, 5.74) is 0.376. The molecule has 1 fully saturated rings. The molecule has 1 aliphatic heterocycles. The average Bonchev–Trinajstić information content (AvgIpc) is 2.93. The molecule has 1 aliphatic rings. The molecule has 0 bridgehead atoms. The third-order valence-electron chi connectivity index (χ3n) is 4.26. The van der Waals surface area contributed by atoms with Crippen molar-refractivity contribution in [1.29, 1.82) is 0 Å². The molecule has 0 spiro atoms. The molecular formula is C17H27F3N6. The zero-order valence-corrected chi connectivity index (χ0v) is 15.5. The molecule has 2 N–H and O–H groups in total. The topological polar surface area (TPSA) is 57.5 Å². The van der Waals surface area contributed by atoms with E-state index in [1.807, 2.05) is 6.92 Å². The Morgan fingerprint density at radius 3 is 2.58 bits per heavy atom. The van der Waals surface area contributed by atoms with Gasteiger partial charge in [-0.05, 0) is 19.8 Å². The van der Waals surface area contributed by atoms with E-state index < -0.39 is 11.9 Å². The Morgan fingerprint density at radius 2 is 2.04 bits per heavy atom. The Labute approximate surface area is 152 Å². The predicted molar refractivity (Wildman–Crippen MR) is 95.8 cm³/mol. The number of nitrogens with one attached hydrogen (secondary N) is 2. The smallest absolute Gasteiger partial charge is 0.354 e. The number of halogens is 3. The van der Waals surface area contributed by atoms with Gasteiger partial charge in [-0.2, -0.15) is 18.3 Å². The molecule has 1 aromatic rings. The van der Waals surface area contributed by atoms with Crippen molar-refractivity contribution < 1.29 is 13.2 Å². The summed E-state index contributed by atoms with van der Waals surface area (Å²) >= 11 is 0. The second kappa shape index (κ2) is 8.57. The second-order valence-electron chi connectivity index (χ2n) is 6.75. The summed E-state index contributed by atoms with van der Waals surface area (Å²) in [6, 6.07) is 0.249. The Bertz CT molecular complexity index is 641. The Balaban J connectivity index is 1.87. The molecule has 0 aromatic carbocycles. The van der Waals surface area contributed by atoms with E-state index in [1.165, 1.54) is 17.9 Å². The molecule has 2 heterocycles. The van der Waals surface area contributed by atoms with Crippen LogP contribution in [0.2, 0.25) is 0 Å². The van der Waals surface area contributed by atoms with Crippen molar-refractivity contribution in [2.75, 3.05) is 26.7 Å². The molecule has 0 amide bonds. The molecule has 1 saturated heterocycles. The van der Waals surface area contributed by atoms with Crippen LogP contribution in [-0.2, 0) is 19.8 Å². The summed E-state index contributed by atoms with van der Waals surface area (Å²) in [4.78, 5) is 6.47. The van der Waals surface area contributed by atoms with Crippen LogP contribution in [0.4, 0.5) is 13.2 Å². The maximum atomic E-state index is 13.0. The van der Waals surface area contributed by atoms with E-state index in [0.717, 1.165) is 38.0 Å². The van der Waals surface area contributed by atoms with E-state index in [2.05, 4.69) is 32.2 Å². The van der Waals surface area contributed by atoms with Crippen molar-refractivity contribution in [2.45, 2.75) is 38.5 Å². The summed E-state index contributed by atoms with van der Waals surface area (Å²) < 4.78 is 40.2. The lowest BCUT2D eigenvalue weighted by atomic mass is 10.0. The molecule has 146 valence electrons. The highest BCUT2D eigenvalue weighted by atomic mass is 19.4. The Hall–Kier alpha value is -2.03. The lowest BCUT2D eigenvalue weighted by Gasteiger charge is -2.33. The maximum Gasteiger partial charge on any atom is 0.435 e. The summed E-state index contributed by atoms with van der Waals surface area (Å²) in [6.45, 7) is 8.79. The number of likely N-dealkylation sites (tertiary alicyclic amines) is 1. The van der Waals surface area contributed by atoms with E-state index in [9.17, 15) is 13.2 Å². The summed E-state index contributed by atoms with van der Waals surface area (Å²) in [6.07, 6.45) is -1.19. The van der Waals surface area contributed by atoms with E-state index in [1.54, 1.807) is 7.05 Å². The number of guanidine groups is 1. The lowest BCUT2D eigenvalue weighted by Crippen LogP contribution is -2.48. The second-order valence-corrected chi connectivity index (χ2v) is 6.75. The van der Waals surface area contributed by atoms with Gasteiger partial charge in [0.05, 0.1) is 0 Å². The zero-order valence-electron chi connectivity index (χ0n) is 15.5. The minimum Gasteiger partial charge on any atom is -0.354 e. The van der Waals surface area contributed by atoms with Gasteiger partial charge in [-0.15, -0.1) is 0 Å². The highest BCUT2D eigenvalue weighted by Gasteiger charge is 2.36. The van der Waals surface area contributed by atoms with Crippen LogP contribution in [0.5, 0.6) is 0 Å². The molecule has 1 aromatic heterocycles. The number of rotatable bonds is 5. The SMILES string of the molecule is C=C(C)CN1CCC(NC(=NC)NCc2cn(C)nc2C(F)(F)F)CC1. The number of aryl methyl sites for hydroxylation is 1. The van der Waals surface area contributed by atoms with Crippen LogP contribution < -0.4 is 10.6 Å². The van der Waals surface area contributed by atoms with Crippen molar-refractivity contribution in [3.05, 3.63) is 29.6 Å². The van der Waals surface area contributed by atoms with Crippen LogP contribution in [0.3, 0.4) is 0 Å². The third-order valence-corrected chi connectivity index (χ3v) is 4.26. The first kappa shape index (κ1) is 20.3. The first-order valence-corrected chi connectivity index (χ1v) is 8.62. The summed E-state index contributed by atoms with van der Waals surface area (Å²) in [7, 11) is 3.09. The van der Waals surface area contributed by atoms with Gasteiger partial charge in [-0.25, -0.2) is 0 Å². The summed E-state index contributed by atoms with van der Waals surface area (Å²) in [5.74, 6) is 0.500. The van der Waals surface area contributed by atoms with Crippen molar-refractivity contribution >= 4 is 5.96 Å². The van der Waals surface area contributed by atoms with Gasteiger partial charge in [0.15, 0.2) is 11.7 Å². The predicted octanol–water partition coefficient (Wildman–Crippen LogP) is 2.14. The first-order chi connectivity index (χ1) is 12.2. The number of nitrogens with zero attached hydrogens (tertiary/aromatic N) is 4. The van der Waals surface area contributed by atoms with Gasteiger partial charge in [-0.1, -0.05) is 12.2 Å². The number of alkyl halides is 3. The molecule has 0 unspecified atom stereocenters. The molecule has 0 radical (unpaired) electrons. The largest absolute Gasteiger partial charge is 0.435 e. The van der Waals surface area contributed by atoms with Crippen LogP contribution in [0.15, 0.2) is 23.3 Å². The van der Waals surface area contributed by atoms with Crippen molar-refractivity contribution in [2.24, 2.45) is 12.0 Å². The molecular weight excluding hydrogens is 345 g/mol. The normalized spacial score (nSPS) is 17.4. The Kier molecular flexibility index (Phi) is 6.69. The van der Waals surface area contributed by atoms with E-state index >= 15 is 0 Å². The average molecular weight is 372 g/mol. The van der Waals surface area contributed by atoms with Gasteiger partial charge in [0.1, 0.15) is 0 Å². The molecule has 26 heavy (non-hydrogen) atoms.